The van der Waals surface area contributed by atoms with Crippen LogP contribution in [0.2, 0.25) is 0 Å². The standard InChI is InChI=1S/C9H13NO3/c1-6(11)5-10-8-3-4-9(12)13-7(8)2/h5,7-8H,3-4H2,1-2H3. The minimum absolute atomic E-state index is 0.0541. The maximum atomic E-state index is 10.8. The highest BCUT2D eigenvalue weighted by atomic mass is 16.5. The van der Waals surface area contributed by atoms with Gasteiger partial charge in [0.2, 0.25) is 0 Å². The van der Waals surface area contributed by atoms with Crippen LogP contribution in [-0.2, 0) is 14.3 Å². The molecule has 1 aliphatic heterocycles. The number of hydrogen-bond acceptors (Lipinski definition) is 4. The summed E-state index contributed by atoms with van der Waals surface area (Å²) in [6.45, 7) is 3.24. The van der Waals surface area contributed by atoms with E-state index in [1.807, 2.05) is 0 Å². The summed E-state index contributed by atoms with van der Waals surface area (Å²) in [5, 5.41) is 0. The first kappa shape index (κ1) is 9.89. The van der Waals surface area contributed by atoms with E-state index in [2.05, 4.69) is 4.99 Å². The van der Waals surface area contributed by atoms with Crippen molar-refractivity contribution in [2.75, 3.05) is 0 Å². The van der Waals surface area contributed by atoms with Gasteiger partial charge in [0.25, 0.3) is 0 Å². The number of rotatable bonds is 2. The fourth-order valence-electron chi connectivity index (χ4n) is 1.24. The molecule has 0 saturated carbocycles. The Morgan fingerprint density at radius 1 is 1.69 bits per heavy atom. The van der Waals surface area contributed by atoms with E-state index in [1.54, 1.807) is 6.92 Å². The maximum absolute atomic E-state index is 10.8. The first-order chi connectivity index (χ1) is 6.09. The van der Waals surface area contributed by atoms with Crippen molar-refractivity contribution in [3.05, 3.63) is 0 Å². The Morgan fingerprint density at radius 2 is 2.38 bits per heavy atom. The fourth-order valence-corrected chi connectivity index (χ4v) is 1.24. The first-order valence-electron chi connectivity index (χ1n) is 4.33. The van der Waals surface area contributed by atoms with Gasteiger partial charge in [-0.25, -0.2) is 0 Å². The molecule has 4 nitrogen and oxygen atoms in total. The number of aliphatic imine (C=N–C) groups is 1. The van der Waals surface area contributed by atoms with Crippen molar-refractivity contribution in [3.8, 4) is 0 Å². The average molecular weight is 183 g/mol. The van der Waals surface area contributed by atoms with E-state index < -0.39 is 0 Å². The zero-order chi connectivity index (χ0) is 9.84. The summed E-state index contributed by atoms with van der Waals surface area (Å²) >= 11 is 0. The number of esters is 1. The molecule has 2 atom stereocenters. The minimum Gasteiger partial charge on any atom is -0.460 e. The largest absolute Gasteiger partial charge is 0.460 e. The van der Waals surface area contributed by atoms with Crippen LogP contribution < -0.4 is 0 Å². The summed E-state index contributed by atoms with van der Waals surface area (Å²) in [5.74, 6) is -0.258. The minimum atomic E-state index is -0.211. The van der Waals surface area contributed by atoms with E-state index in [4.69, 9.17) is 4.74 Å². The van der Waals surface area contributed by atoms with Crippen molar-refractivity contribution < 1.29 is 14.3 Å². The van der Waals surface area contributed by atoms with Crippen molar-refractivity contribution in [1.29, 1.82) is 0 Å². The van der Waals surface area contributed by atoms with Gasteiger partial charge in [-0.15, -0.1) is 0 Å². The second-order valence-electron chi connectivity index (χ2n) is 3.19. The molecule has 1 heterocycles. The molecule has 0 aliphatic carbocycles. The molecule has 1 aliphatic rings. The van der Waals surface area contributed by atoms with Crippen LogP contribution in [-0.4, -0.2) is 30.1 Å². The lowest BCUT2D eigenvalue weighted by Gasteiger charge is -2.25. The zero-order valence-corrected chi connectivity index (χ0v) is 7.82. The molecule has 0 aromatic heterocycles. The SMILES string of the molecule is CC(=O)C=NC1CCC(=O)OC1C. The number of ketones is 1. The molecule has 4 heteroatoms. The molecule has 1 rings (SSSR count). The quantitative estimate of drug-likeness (QED) is 0.468. The van der Waals surface area contributed by atoms with Gasteiger partial charge in [-0.1, -0.05) is 0 Å². The molecular weight excluding hydrogens is 170 g/mol. The first-order valence-corrected chi connectivity index (χ1v) is 4.33. The van der Waals surface area contributed by atoms with Crippen molar-refractivity contribution in [3.63, 3.8) is 0 Å². The molecule has 0 radical (unpaired) electrons. The van der Waals surface area contributed by atoms with Crippen LogP contribution in [0, 0.1) is 0 Å². The summed E-state index contributed by atoms with van der Waals surface area (Å²) in [6, 6.07) is -0.0541. The van der Waals surface area contributed by atoms with Crippen LogP contribution in [0.1, 0.15) is 26.7 Å². The lowest BCUT2D eigenvalue weighted by molar-refractivity contribution is -0.153. The third-order valence-corrected chi connectivity index (χ3v) is 1.95. The Morgan fingerprint density at radius 3 is 2.92 bits per heavy atom. The van der Waals surface area contributed by atoms with Crippen molar-refractivity contribution in [2.45, 2.75) is 38.8 Å². The Hall–Kier alpha value is -1.19. The van der Waals surface area contributed by atoms with E-state index in [-0.39, 0.29) is 23.9 Å². The number of carbonyl (C=O) groups excluding carboxylic acids is 2. The zero-order valence-electron chi connectivity index (χ0n) is 7.82. The van der Waals surface area contributed by atoms with Crippen LogP contribution in [0.25, 0.3) is 0 Å². The topological polar surface area (TPSA) is 55.7 Å². The van der Waals surface area contributed by atoms with E-state index in [9.17, 15) is 9.59 Å². The molecule has 0 aromatic rings. The molecular formula is C9H13NO3. The van der Waals surface area contributed by atoms with Crippen molar-refractivity contribution >= 4 is 18.0 Å². The highest BCUT2D eigenvalue weighted by Gasteiger charge is 2.26. The van der Waals surface area contributed by atoms with E-state index in [0.29, 0.717) is 12.8 Å². The van der Waals surface area contributed by atoms with Gasteiger partial charge < -0.3 is 4.74 Å². The molecule has 1 fully saturated rings. The molecule has 0 amide bonds. The number of nitrogens with zero attached hydrogens (tertiary/aromatic N) is 1. The third kappa shape index (κ3) is 2.97. The number of carbonyl (C=O) groups is 2. The maximum Gasteiger partial charge on any atom is 0.306 e. The van der Waals surface area contributed by atoms with Crippen LogP contribution in [0.4, 0.5) is 0 Å². The number of ether oxygens (including phenoxy) is 1. The van der Waals surface area contributed by atoms with Crippen molar-refractivity contribution in [1.82, 2.24) is 0 Å². The van der Waals surface area contributed by atoms with Gasteiger partial charge in [-0.2, -0.15) is 0 Å². The molecule has 1 saturated heterocycles. The highest BCUT2D eigenvalue weighted by Crippen LogP contribution is 2.17. The van der Waals surface area contributed by atoms with E-state index >= 15 is 0 Å². The summed E-state index contributed by atoms with van der Waals surface area (Å²) in [7, 11) is 0. The van der Waals surface area contributed by atoms with Crippen LogP contribution >= 0.6 is 0 Å². The molecule has 0 aromatic carbocycles. The average Bonchev–Trinajstić information content (AvgIpc) is 2.02. The lowest BCUT2D eigenvalue weighted by Crippen LogP contribution is -2.33. The van der Waals surface area contributed by atoms with Gasteiger partial charge in [0.1, 0.15) is 6.10 Å². The summed E-state index contributed by atoms with van der Waals surface area (Å²) < 4.78 is 4.97. The normalized spacial score (nSPS) is 28.9. The summed E-state index contributed by atoms with van der Waals surface area (Å²) in [5.41, 5.74) is 0. The van der Waals surface area contributed by atoms with Crippen LogP contribution in [0.3, 0.4) is 0 Å². The second-order valence-corrected chi connectivity index (χ2v) is 3.19. The van der Waals surface area contributed by atoms with Gasteiger partial charge in [-0.3, -0.25) is 14.6 Å². The number of hydrogen-bond donors (Lipinski definition) is 0. The van der Waals surface area contributed by atoms with Gasteiger partial charge in [0, 0.05) is 13.3 Å². The summed E-state index contributed by atoms with van der Waals surface area (Å²) in [4.78, 5) is 25.5. The van der Waals surface area contributed by atoms with E-state index in [0.717, 1.165) is 0 Å². The fraction of sp³-hybridized carbons (Fsp3) is 0.667. The molecule has 72 valence electrons. The number of Topliss-reactive ketones (excluding diaryl/α,β-unsaturated/α-hetero) is 1. The Balaban J connectivity index is 2.51. The van der Waals surface area contributed by atoms with Crippen LogP contribution in [0.15, 0.2) is 4.99 Å². The second kappa shape index (κ2) is 4.16. The number of cyclic esters (lactones) is 1. The third-order valence-electron chi connectivity index (χ3n) is 1.95. The predicted molar refractivity (Wildman–Crippen MR) is 47.7 cm³/mol. The van der Waals surface area contributed by atoms with E-state index in [1.165, 1.54) is 13.1 Å². The molecule has 0 N–H and O–H groups in total. The van der Waals surface area contributed by atoms with Gasteiger partial charge >= 0.3 is 5.97 Å². The van der Waals surface area contributed by atoms with Crippen LogP contribution in [0.5, 0.6) is 0 Å². The predicted octanol–water partition coefficient (Wildman–Crippen LogP) is 0.740. The monoisotopic (exact) mass is 183 g/mol. The Bertz CT molecular complexity index is 247. The molecule has 0 bridgehead atoms. The molecule has 13 heavy (non-hydrogen) atoms. The lowest BCUT2D eigenvalue weighted by atomic mass is 10.0. The summed E-state index contributed by atoms with van der Waals surface area (Å²) in [6.07, 6.45) is 2.14. The molecule has 2 unspecified atom stereocenters. The Kier molecular flexibility index (Phi) is 3.17. The smallest absolute Gasteiger partial charge is 0.306 e. The van der Waals surface area contributed by atoms with Gasteiger partial charge in [-0.05, 0) is 13.3 Å². The molecule has 0 spiro atoms. The van der Waals surface area contributed by atoms with Gasteiger partial charge in [0.05, 0.1) is 12.3 Å². The van der Waals surface area contributed by atoms with Gasteiger partial charge in [0.15, 0.2) is 5.78 Å². The van der Waals surface area contributed by atoms with Crippen molar-refractivity contribution in [2.24, 2.45) is 4.99 Å². The highest BCUT2D eigenvalue weighted by molar-refractivity contribution is 6.26. The Labute approximate surface area is 77.0 Å².